The number of hydrazone groups is 1. The highest BCUT2D eigenvalue weighted by molar-refractivity contribution is 9.10. The van der Waals surface area contributed by atoms with Crippen molar-refractivity contribution in [2.45, 2.75) is 19.8 Å². The van der Waals surface area contributed by atoms with Gasteiger partial charge in [0.05, 0.1) is 0 Å². The number of halogens is 1. The molecule has 3 nitrogen and oxygen atoms in total. The zero-order chi connectivity index (χ0) is 15.1. The fourth-order valence-electron chi connectivity index (χ4n) is 1.90. The standard InChI is InChI=1S/C17H17BrN2O/c1-2-16(11-13-7-4-3-5-8-13)19-20-17(21)14-9-6-10-15(18)12-14/h3-10,12H,2,11H2,1H3,(H,20,21)/b19-16+. The van der Waals surface area contributed by atoms with Gasteiger partial charge >= 0.3 is 0 Å². The zero-order valence-electron chi connectivity index (χ0n) is 11.8. The molecule has 0 atom stereocenters. The highest BCUT2D eigenvalue weighted by Crippen LogP contribution is 2.11. The summed E-state index contributed by atoms with van der Waals surface area (Å²) < 4.78 is 0.874. The lowest BCUT2D eigenvalue weighted by molar-refractivity contribution is 0.0954. The van der Waals surface area contributed by atoms with Gasteiger partial charge < -0.3 is 0 Å². The fraction of sp³-hybridized carbons (Fsp3) is 0.176. The van der Waals surface area contributed by atoms with Crippen molar-refractivity contribution in [3.63, 3.8) is 0 Å². The van der Waals surface area contributed by atoms with Crippen molar-refractivity contribution in [3.05, 3.63) is 70.2 Å². The van der Waals surface area contributed by atoms with E-state index in [1.807, 2.05) is 37.3 Å². The fourth-order valence-corrected chi connectivity index (χ4v) is 2.30. The number of benzene rings is 2. The van der Waals surface area contributed by atoms with Crippen molar-refractivity contribution < 1.29 is 4.79 Å². The Balaban J connectivity index is 2.02. The normalized spacial score (nSPS) is 11.2. The van der Waals surface area contributed by atoms with E-state index in [-0.39, 0.29) is 5.91 Å². The summed E-state index contributed by atoms with van der Waals surface area (Å²) in [5.74, 6) is -0.199. The lowest BCUT2D eigenvalue weighted by atomic mass is 10.1. The average molecular weight is 345 g/mol. The molecule has 0 aliphatic heterocycles. The van der Waals surface area contributed by atoms with Gasteiger partial charge in [0.1, 0.15) is 0 Å². The van der Waals surface area contributed by atoms with Crippen LogP contribution in [-0.2, 0) is 6.42 Å². The average Bonchev–Trinajstić information content (AvgIpc) is 2.52. The molecule has 0 saturated carbocycles. The van der Waals surface area contributed by atoms with Gasteiger partial charge in [0.15, 0.2) is 0 Å². The molecular formula is C17H17BrN2O. The van der Waals surface area contributed by atoms with Crippen LogP contribution >= 0.6 is 15.9 Å². The van der Waals surface area contributed by atoms with Crippen LogP contribution in [0.3, 0.4) is 0 Å². The summed E-state index contributed by atoms with van der Waals surface area (Å²) in [4.78, 5) is 12.0. The van der Waals surface area contributed by atoms with Crippen LogP contribution in [0.25, 0.3) is 0 Å². The van der Waals surface area contributed by atoms with Crippen LogP contribution in [0.15, 0.2) is 64.2 Å². The van der Waals surface area contributed by atoms with E-state index in [9.17, 15) is 4.79 Å². The molecule has 0 fully saturated rings. The first-order chi connectivity index (χ1) is 10.2. The molecule has 0 aromatic heterocycles. The number of hydrogen-bond donors (Lipinski definition) is 1. The van der Waals surface area contributed by atoms with E-state index in [4.69, 9.17) is 0 Å². The number of carbonyl (C=O) groups excluding carboxylic acids is 1. The van der Waals surface area contributed by atoms with Gasteiger partial charge in [-0.15, -0.1) is 0 Å². The Labute approximate surface area is 133 Å². The molecule has 0 spiro atoms. The molecule has 2 aromatic carbocycles. The highest BCUT2D eigenvalue weighted by atomic mass is 79.9. The molecule has 0 saturated heterocycles. The number of rotatable bonds is 5. The van der Waals surface area contributed by atoms with E-state index in [2.05, 4.69) is 38.6 Å². The summed E-state index contributed by atoms with van der Waals surface area (Å²) in [5, 5.41) is 4.25. The van der Waals surface area contributed by atoms with Gasteiger partial charge in [-0.1, -0.05) is 59.3 Å². The van der Waals surface area contributed by atoms with Crippen LogP contribution in [0.5, 0.6) is 0 Å². The summed E-state index contributed by atoms with van der Waals surface area (Å²) in [6, 6.07) is 17.3. The van der Waals surface area contributed by atoms with Gasteiger partial charge in [-0.3, -0.25) is 4.79 Å². The minimum Gasteiger partial charge on any atom is -0.267 e. The van der Waals surface area contributed by atoms with Crippen LogP contribution in [0.4, 0.5) is 0 Å². The second kappa shape index (κ2) is 7.74. The Hall–Kier alpha value is -1.94. The van der Waals surface area contributed by atoms with E-state index in [1.165, 1.54) is 5.56 Å². The molecule has 108 valence electrons. The molecule has 1 amide bonds. The lowest BCUT2D eigenvalue weighted by Gasteiger charge is -2.05. The third-order valence-corrected chi connectivity index (χ3v) is 3.55. The van der Waals surface area contributed by atoms with Crippen molar-refractivity contribution in [1.29, 1.82) is 0 Å². The number of nitrogens with zero attached hydrogens (tertiary/aromatic N) is 1. The smallest absolute Gasteiger partial charge is 0.267 e. The van der Waals surface area contributed by atoms with Crippen LogP contribution in [0.2, 0.25) is 0 Å². The van der Waals surface area contributed by atoms with E-state index in [0.29, 0.717) is 5.56 Å². The number of nitrogens with one attached hydrogen (secondary N) is 1. The van der Waals surface area contributed by atoms with Crippen molar-refractivity contribution >= 4 is 27.5 Å². The second-order valence-corrected chi connectivity index (χ2v) is 5.56. The molecule has 1 N–H and O–H groups in total. The quantitative estimate of drug-likeness (QED) is 0.641. The third kappa shape index (κ3) is 4.83. The monoisotopic (exact) mass is 344 g/mol. The largest absolute Gasteiger partial charge is 0.271 e. The summed E-state index contributed by atoms with van der Waals surface area (Å²) in [7, 11) is 0. The SMILES string of the molecule is CC/C(Cc1ccccc1)=N\NC(=O)c1cccc(Br)c1. The predicted octanol–water partition coefficient (Wildman–Crippen LogP) is 4.19. The van der Waals surface area contributed by atoms with Gasteiger partial charge in [0.2, 0.25) is 0 Å². The lowest BCUT2D eigenvalue weighted by Crippen LogP contribution is -2.20. The summed E-state index contributed by atoms with van der Waals surface area (Å²) in [6.07, 6.45) is 1.55. The Morgan fingerprint density at radius 1 is 1.14 bits per heavy atom. The highest BCUT2D eigenvalue weighted by Gasteiger charge is 2.05. The Morgan fingerprint density at radius 2 is 1.90 bits per heavy atom. The summed E-state index contributed by atoms with van der Waals surface area (Å²) in [6.45, 7) is 2.03. The van der Waals surface area contributed by atoms with Crippen LogP contribution in [-0.4, -0.2) is 11.6 Å². The van der Waals surface area contributed by atoms with Gasteiger partial charge in [-0.25, -0.2) is 5.43 Å². The second-order valence-electron chi connectivity index (χ2n) is 4.65. The first-order valence-corrected chi connectivity index (χ1v) is 7.63. The summed E-state index contributed by atoms with van der Waals surface area (Å²) >= 11 is 3.35. The van der Waals surface area contributed by atoms with Crippen molar-refractivity contribution in [3.8, 4) is 0 Å². The maximum absolute atomic E-state index is 12.0. The summed E-state index contributed by atoms with van der Waals surface area (Å²) in [5.41, 5.74) is 5.35. The molecule has 0 unspecified atom stereocenters. The molecule has 2 aromatic rings. The molecule has 0 bridgehead atoms. The Kier molecular flexibility index (Phi) is 5.69. The van der Waals surface area contributed by atoms with Crippen molar-refractivity contribution in [2.24, 2.45) is 5.10 Å². The molecule has 0 aliphatic rings. The van der Waals surface area contributed by atoms with Gasteiger partial charge in [-0.05, 0) is 30.2 Å². The van der Waals surface area contributed by atoms with Crippen molar-refractivity contribution in [2.75, 3.05) is 0 Å². The van der Waals surface area contributed by atoms with E-state index in [1.54, 1.807) is 12.1 Å². The third-order valence-electron chi connectivity index (χ3n) is 3.06. The van der Waals surface area contributed by atoms with Crippen molar-refractivity contribution in [1.82, 2.24) is 5.43 Å². The number of hydrogen-bond acceptors (Lipinski definition) is 2. The first kappa shape index (κ1) is 15.4. The Bertz CT molecular complexity index is 638. The van der Waals surface area contributed by atoms with Gasteiger partial charge in [-0.2, -0.15) is 5.10 Å². The molecule has 4 heteroatoms. The van der Waals surface area contributed by atoms with Crippen LogP contribution in [0.1, 0.15) is 29.3 Å². The molecule has 2 rings (SSSR count). The van der Waals surface area contributed by atoms with Gasteiger partial charge in [0, 0.05) is 22.2 Å². The number of carbonyl (C=O) groups is 1. The van der Waals surface area contributed by atoms with Crippen LogP contribution < -0.4 is 5.43 Å². The maximum Gasteiger partial charge on any atom is 0.271 e. The molecule has 21 heavy (non-hydrogen) atoms. The minimum atomic E-state index is -0.199. The number of amides is 1. The maximum atomic E-state index is 12.0. The van der Waals surface area contributed by atoms with E-state index >= 15 is 0 Å². The van der Waals surface area contributed by atoms with Gasteiger partial charge in [0.25, 0.3) is 5.91 Å². The predicted molar refractivity (Wildman–Crippen MR) is 89.5 cm³/mol. The molecule has 0 radical (unpaired) electrons. The van der Waals surface area contributed by atoms with E-state index < -0.39 is 0 Å². The zero-order valence-corrected chi connectivity index (χ0v) is 13.4. The van der Waals surface area contributed by atoms with E-state index in [0.717, 1.165) is 23.0 Å². The Morgan fingerprint density at radius 3 is 2.57 bits per heavy atom. The molecule has 0 aliphatic carbocycles. The topological polar surface area (TPSA) is 41.5 Å². The first-order valence-electron chi connectivity index (χ1n) is 6.84. The van der Waals surface area contributed by atoms with Crippen LogP contribution in [0, 0.1) is 0 Å². The minimum absolute atomic E-state index is 0.199. The molecule has 0 heterocycles. The molecular weight excluding hydrogens is 328 g/mol.